The third-order valence-corrected chi connectivity index (χ3v) is 17.3. The summed E-state index contributed by atoms with van der Waals surface area (Å²) in [6.07, 6.45) is -6.23. The van der Waals surface area contributed by atoms with Gasteiger partial charge in [0.2, 0.25) is 53.0 Å². The standard InChI is InChI=1S/C66H88N8O20/c1-30(2)21-41(73-65(90)45-14-12-20-74(45)35(9)76)61(86)67-28-49(79)69-42(22-31(3)4)63(88)72-44(24-36-16-18-37(77)19-17-36)62(87)68-33(7)60(85)71-43(23-32(5)6)64(89)70-40-25-50(93-34(8)55(40)80)94-47-27-66(91,48(78)29-75)26-39-52(47)59(84)54-53(57(39)82)56(81)38-13-11-15-46(92-10)51(38)58(54)83/h11,13,15-19,30-34,40-45,47,50,55,75,77,80,82,84,91H,12,14,20-29H2,1-10H3,(H,67,86)(H,68,87)(H,69,79)(H,70,89)(H,71,85)(H,72,88)(H,73,90)/t33-,34-,40-,41-,42-,43-,44-,45-,47-,50-,55+,66-/m0/s1. The van der Waals surface area contributed by atoms with Crippen molar-refractivity contribution < 1.29 is 97.6 Å². The number of fused-ring (bicyclic) bond motifs is 3. The van der Waals surface area contributed by atoms with Crippen molar-refractivity contribution in [2.75, 3.05) is 26.8 Å². The maximum Gasteiger partial charge on any atom is 0.243 e. The van der Waals surface area contributed by atoms with Crippen LogP contribution < -0.4 is 42.0 Å². The van der Waals surface area contributed by atoms with Crippen molar-refractivity contribution in [1.29, 1.82) is 0 Å². The molecule has 2 heterocycles. The Hall–Kier alpha value is -8.57. The lowest BCUT2D eigenvalue weighted by atomic mass is 9.72. The van der Waals surface area contributed by atoms with Crippen molar-refractivity contribution in [3.05, 3.63) is 81.4 Å². The summed E-state index contributed by atoms with van der Waals surface area (Å²) in [7, 11) is 1.27. The molecular weight excluding hydrogens is 1220 g/mol. The number of methoxy groups -OCH3 is 1. The monoisotopic (exact) mass is 1310 g/mol. The lowest BCUT2D eigenvalue weighted by Gasteiger charge is -2.43. The van der Waals surface area contributed by atoms with Crippen molar-refractivity contribution in [1.82, 2.24) is 42.1 Å². The molecule has 13 N–H and O–H groups in total. The Morgan fingerprint density at radius 1 is 0.723 bits per heavy atom. The molecule has 0 spiro atoms. The number of aliphatic hydroxyl groups excluding tert-OH is 2. The van der Waals surface area contributed by atoms with Crippen molar-refractivity contribution in [3.63, 3.8) is 0 Å². The van der Waals surface area contributed by atoms with E-state index in [-0.39, 0.29) is 89.5 Å². The van der Waals surface area contributed by atoms with Crippen LogP contribution >= 0.6 is 0 Å². The van der Waals surface area contributed by atoms with Gasteiger partial charge in [-0.05, 0) is 87.5 Å². The lowest BCUT2D eigenvalue weighted by Crippen LogP contribution is -2.60. The first kappa shape index (κ1) is 72.8. The molecular formula is C66H88N8O20. The van der Waals surface area contributed by atoms with E-state index in [0.717, 1.165) is 0 Å². The molecule has 7 rings (SSSR count). The second-order valence-electron chi connectivity index (χ2n) is 26.0. The second-order valence-corrected chi connectivity index (χ2v) is 26.0. The van der Waals surface area contributed by atoms with Gasteiger partial charge in [-0.1, -0.05) is 65.8 Å². The second kappa shape index (κ2) is 31.1. The lowest BCUT2D eigenvalue weighted by molar-refractivity contribution is -0.249. The smallest absolute Gasteiger partial charge is 0.243 e. The van der Waals surface area contributed by atoms with Gasteiger partial charge in [0.15, 0.2) is 17.9 Å². The zero-order chi connectivity index (χ0) is 69.4. The zero-order valence-electron chi connectivity index (χ0n) is 54.5. The number of amides is 8. The van der Waals surface area contributed by atoms with Crippen LogP contribution in [0.15, 0.2) is 42.5 Å². The fourth-order valence-electron chi connectivity index (χ4n) is 12.5. The number of phenols is 3. The molecule has 4 aliphatic rings. The number of ether oxygens (including phenoxy) is 3. The summed E-state index contributed by atoms with van der Waals surface area (Å²) < 4.78 is 17.7. The Morgan fingerprint density at radius 2 is 1.32 bits per heavy atom. The highest BCUT2D eigenvalue weighted by Gasteiger charge is 2.51. The summed E-state index contributed by atoms with van der Waals surface area (Å²) in [5.41, 5.74) is -4.18. The van der Waals surface area contributed by atoms with Crippen LogP contribution in [0, 0.1) is 17.8 Å². The molecule has 0 radical (unpaired) electrons. The molecule has 12 atom stereocenters. The van der Waals surface area contributed by atoms with E-state index in [0.29, 0.717) is 24.9 Å². The van der Waals surface area contributed by atoms with Gasteiger partial charge in [0.1, 0.15) is 77.6 Å². The molecule has 8 amide bonds. The van der Waals surface area contributed by atoms with Crippen LogP contribution in [0.2, 0.25) is 0 Å². The third-order valence-electron chi connectivity index (χ3n) is 17.3. The molecule has 0 saturated carbocycles. The summed E-state index contributed by atoms with van der Waals surface area (Å²) in [6, 6.07) is 1.59. The van der Waals surface area contributed by atoms with Gasteiger partial charge in [-0.25, -0.2) is 0 Å². The topological polar surface area (TPSA) is 424 Å². The number of ketones is 3. The van der Waals surface area contributed by atoms with Gasteiger partial charge >= 0.3 is 0 Å². The number of hydrogen-bond acceptors (Lipinski definition) is 20. The first-order valence-corrected chi connectivity index (χ1v) is 31.6. The molecule has 512 valence electrons. The average Bonchev–Trinajstić information content (AvgIpc) is 0.769. The Bertz CT molecular complexity index is 3390. The van der Waals surface area contributed by atoms with Crippen molar-refractivity contribution in [2.45, 2.75) is 193 Å². The minimum absolute atomic E-state index is 0.000897. The predicted molar refractivity (Wildman–Crippen MR) is 335 cm³/mol. The molecule has 94 heavy (non-hydrogen) atoms. The SMILES string of the molecule is COc1cccc2c1C(=O)c1c(O)c3c(c(O)c1C2=O)C[C@@](O)(C(=O)CO)C[C@@H]3O[C@H]1C[C@H](NC(=O)[C@H](CC(C)C)NC(=O)[C@H](C)NC(=O)[C@H](Cc2ccc(O)cc2)NC(=O)[C@H](CC(C)C)NC(=O)CNC(=O)[C@H](CC(C)C)NC(=O)[C@@H]2CCCN2C(C)=O)[C@H](O)[C@H](C)O1. The number of likely N-dealkylation sites (tertiary alicyclic amines) is 1. The Balaban J connectivity index is 1.04. The van der Waals surface area contributed by atoms with E-state index in [2.05, 4.69) is 37.2 Å². The van der Waals surface area contributed by atoms with Gasteiger partial charge in [0, 0.05) is 55.8 Å². The van der Waals surface area contributed by atoms with E-state index in [9.17, 15) is 83.4 Å². The fourth-order valence-corrected chi connectivity index (χ4v) is 12.5. The number of rotatable bonds is 27. The number of carbonyl (C=O) groups is 11. The van der Waals surface area contributed by atoms with Gasteiger partial charge in [-0.2, -0.15) is 0 Å². The van der Waals surface area contributed by atoms with Gasteiger partial charge < -0.3 is 87.0 Å². The number of aromatic hydroxyl groups is 3. The fraction of sp³-hybridized carbons (Fsp3) is 0.561. The van der Waals surface area contributed by atoms with Crippen LogP contribution in [-0.4, -0.2) is 193 Å². The Labute approximate surface area is 544 Å². The molecule has 2 aliphatic carbocycles. The number of carbonyl (C=O) groups excluding carboxylic acids is 11. The number of Topliss-reactive ketones (excluding diaryl/α,β-unsaturated/α-hetero) is 1. The van der Waals surface area contributed by atoms with Gasteiger partial charge in [-0.3, -0.25) is 52.7 Å². The molecule has 28 nitrogen and oxygen atoms in total. The van der Waals surface area contributed by atoms with E-state index < -0.39 is 180 Å². The maximum absolute atomic E-state index is 14.4. The van der Waals surface area contributed by atoms with Gasteiger partial charge in [0.05, 0.1) is 48.6 Å². The van der Waals surface area contributed by atoms with Crippen LogP contribution in [0.4, 0.5) is 0 Å². The molecule has 2 aliphatic heterocycles. The van der Waals surface area contributed by atoms with Crippen molar-refractivity contribution in [2.24, 2.45) is 17.8 Å². The van der Waals surface area contributed by atoms with Crippen molar-refractivity contribution in [3.8, 4) is 23.0 Å². The van der Waals surface area contributed by atoms with E-state index in [4.69, 9.17) is 14.2 Å². The summed E-state index contributed by atoms with van der Waals surface area (Å²) in [5.74, 6) is -10.6. The molecule has 3 aromatic carbocycles. The van der Waals surface area contributed by atoms with Crippen LogP contribution in [0.5, 0.6) is 23.0 Å². The van der Waals surface area contributed by atoms with Gasteiger partial charge in [-0.15, -0.1) is 0 Å². The summed E-state index contributed by atoms with van der Waals surface area (Å²) in [4.78, 5) is 153. The minimum atomic E-state index is -2.47. The number of nitrogens with zero attached hydrogens (tertiary/aromatic N) is 1. The molecule has 0 bridgehead atoms. The van der Waals surface area contributed by atoms with Crippen LogP contribution in [0.1, 0.15) is 162 Å². The first-order chi connectivity index (χ1) is 44.3. The highest BCUT2D eigenvalue weighted by molar-refractivity contribution is 6.31. The average molecular weight is 1310 g/mol. The largest absolute Gasteiger partial charge is 0.508 e. The number of nitrogens with one attached hydrogen (secondary N) is 7. The van der Waals surface area contributed by atoms with E-state index in [1.165, 1.54) is 75.2 Å². The molecule has 2 fully saturated rings. The van der Waals surface area contributed by atoms with E-state index in [1.807, 2.05) is 13.8 Å². The number of phenolic OH excluding ortho intramolecular Hbond substituents is 3. The maximum atomic E-state index is 14.4. The number of hydrogen-bond donors (Lipinski definition) is 13. The highest BCUT2D eigenvalue weighted by atomic mass is 16.7. The van der Waals surface area contributed by atoms with Crippen LogP contribution in [-0.2, 0) is 65.5 Å². The first-order valence-electron chi connectivity index (χ1n) is 31.6. The minimum Gasteiger partial charge on any atom is -0.508 e. The Kier molecular flexibility index (Phi) is 24.1. The normalized spacial score (nSPS) is 22.3. The highest BCUT2D eigenvalue weighted by Crippen LogP contribution is 2.52. The molecule has 0 unspecified atom stereocenters. The van der Waals surface area contributed by atoms with Gasteiger partial charge in [0.25, 0.3) is 0 Å². The van der Waals surface area contributed by atoms with Crippen LogP contribution in [0.25, 0.3) is 0 Å². The Morgan fingerprint density at radius 3 is 1.93 bits per heavy atom. The molecule has 3 aromatic rings. The molecule has 0 aromatic heterocycles. The van der Waals surface area contributed by atoms with Crippen molar-refractivity contribution >= 4 is 64.6 Å². The van der Waals surface area contributed by atoms with E-state index in [1.54, 1.807) is 27.7 Å². The molecule has 28 heteroatoms. The third kappa shape index (κ3) is 17.0. The summed E-state index contributed by atoms with van der Waals surface area (Å²) in [6.45, 7) is 13.6. The van der Waals surface area contributed by atoms with Crippen LogP contribution in [0.3, 0.4) is 0 Å². The number of aliphatic hydroxyl groups is 3. The summed E-state index contributed by atoms with van der Waals surface area (Å²) in [5, 5.41) is 85.8. The van der Waals surface area contributed by atoms with E-state index >= 15 is 0 Å². The predicted octanol–water partition coefficient (Wildman–Crippen LogP) is 0.816. The number of benzene rings is 3. The zero-order valence-corrected chi connectivity index (χ0v) is 54.5. The summed E-state index contributed by atoms with van der Waals surface area (Å²) >= 11 is 0. The quantitative estimate of drug-likeness (QED) is 0.0368. The molecule has 2 saturated heterocycles.